The summed E-state index contributed by atoms with van der Waals surface area (Å²) < 4.78 is 5.49. The van der Waals surface area contributed by atoms with Gasteiger partial charge < -0.3 is 14.7 Å². The Morgan fingerprint density at radius 1 is 1.29 bits per heavy atom. The Bertz CT molecular complexity index is 944. The van der Waals surface area contributed by atoms with Crippen molar-refractivity contribution in [3.63, 3.8) is 0 Å². The summed E-state index contributed by atoms with van der Waals surface area (Å²) in [5, 5.41) is 9.60. The normalized spacial score (nSPS) is 18.3. The molecule has 9 heteroatoms. The fourth-order valence-corrected chi connectivity index (χ4v) is 3.91. The summed E-state index contributed by atoms with van der Waals surface area (Å²) in [6, 6.07) is 7.14. The van der Waals surface area contributed by atoms with Crippen molar-refractivity contribution in [2.24, 2.45) is 4.99 Å². The maximum absolute atomic E-state index is 13.6. The first-order chi connectivity index (χ1) is 16.1. The van der Waals surface area contributed by atoms with Crippen LogP contribution in [-0.4, -0.2) is 64.3 Å². The molecule has 1 aliphatic rings. The number of carboxylic acids is 1. The number of allylic oxidation sites excluding steroid dienone is 2. The highest BCUT2D eigenvalue weighted by molar-refractivity contribution is 6.30. The molecule has 1 aliphatic heterocycles. The standard InChI is InChI=1S/C25H34ClN3O5/c1-5-21(27-4)13-8-18(2)34-24(33)29-16-14-25(29,3)23(32)28(15-6-7-22(30)31)17-19-9-11-20(26)12-10-19/h8-12H,5-7,13-17H2,1-4H3,(H,30,31). The molecule has 1 aromatic carbocycles. The van der Waals surface area contributed by atoms with Gasteiger partial charge in [0.15, 0.2) is 0 Å². The van der Waals surface area contributed by atoms with Crippen molar-refractivity contribution < 1.29 is 24.2 Å². The molecular formula is C25H34ClN3O5. The van der Waals surface area contributed by atoms with E-state index in [9.17, 15) is 14.4 Å². The molecule has 2 amide bonds. The van der Waals surface area contributed by atoms with Gasteiger partial charge in [0.1, 0.15) is 11.3 Å². The summed E-state index contributed by atoms with van der Waals surface area (Å²) in [5.74, 6) is -0.689. The molecule has 1 atom stereocenters. The van der Waals surface area contributed by atoms with Crippen LogP contribution in [0.1, 0.15) is 58.4 Å². The highest BCUT2D eigenvalue weighted by Gasteiger charge is 2.52. The first kappa shape index (κ1) is 27.4. The van der Waals surface area contributed by atoms with E-state index in [4.69, 9.17) is 21.4 Å². The molecule has 0 aliphatic carbocycles. The van der Waals surface area contributed by atoms with Gasteiger partial charge >= 0.3 is 12.1 Å². The van der Waals surface area contributed by atoms with E-state index in [1.54, 1.807) is 44.0 Å². The number of amides is 2. The summed E-state index contributed by atoms with van der Waals surface area (Å²) in [7, 11) is 1.73. The molecule has 1 aromatic rings. The van der Waals surface area contributed by atoms with E-state index in [0.717, 1.165) is 17.7 Å². The Morgan fingerprint density at radius 3 is 2.50 bits per heavy atom. The van der Waals surface area contributed by atoms with E-state index in [2.05, 4.69) is 4.99 Å². The maximum Gasteiger partial charge on any atom is 0.415 e. The predicted octanol–water partition coefficient (Wildman–Crippen LogP) is 4.91. The van der Waals surface area contributed by atoms with Gasteiger partial charge in [0, 0.05) is 50.3 Å². The van der Waals surface area contributed by atoms with E-state index in [1.165, 1.54) is 4.90 Å². The van der Waals surface area contributed by atoms with E-state index >= 15 is 0 Å². The zero-order valence-corrected chi connectivity index (χ0v) is 21.1. The fraction of sp³-hybridized carbons (Fsp3) is 0.520. The minimum absolute atomic E-state index is 0.0440. The van der Waals surface area contributed by atoms with E-state index in [1.807, 2.05) is 19.1 Å². The summed E-state index contributed by atoms with van der Waals surface area (Å²) in [6.07, 6.45) is 3.43. The summed E-state index contributed by atoms with van der Waals surface area (Å²) in [5.41, 5.74) is 0.818. The van der Waals surface area contributed by atoms with Gasteiger partial charge in [-0.05, 0) is 56.9 Å². The van der Waals surface area contributed by atoms with Crippen LogP contribution in [0.4, 0.5) is 4.79 Å². The molecule has 186 valence electrons. The molecule has 0 radical (unpaired) electrons. The van der Waals surface area contributed by atoms with Crippen molar-refractivity contribution in [1.29, 1.82) is 0 Å². The van der Waals surface area contributed by atoms with Gasteiger partial charge in [-0.2, -0.15) is 0 Å². The summed E-state index contributed by atoms with van der Waals surface area (Å²) in [4.78, 5) is 44.6. The Hall–Kier alpha value is -2.87. The van der Waals surface area contributed by atoms with E-state index in [0.29, 0.717) is 43.1 Å². The smallest absolute Gasteiger partial charge is 0.415 e. The van der Waals surface area contributed by atoms with Gasteiger partial charge in [0.05, 0.1) is 0 Å². The second-order valence-corrected chi connectivity index (χ2v) is 8.99. The lowest BCUT2D eigenvalue weighted by molar-refractivity contribution is -0.151. The maximum atomic E-state index is 13.6. The lowest BCUT2D eigenvalue weighted by Crippen LogP contribution is -2.67. The predicted molar refractivity (Wildman–Crippen MR) is 132 cm³/mol. The number of nitrogens with zero attached hydrogens (tertiary/aromatic N) is 3. The molecule has 1 fully saturated rings. The molecule has 34 heavy (non-hydrogen) atoms. The number of aliphatic imine (C=N–C) groups is 1. The molecule has 8 nitrogen and oxygen atoms in total. The molecule has 0 aromatic heterocycles. The van der Waals surface area contributed by atoms with E-state index in [-0.39, 0.29) is 18.9 Å². The van der Waals surface area contributed by atoms with Crippen molar-refractivity contribution in [2.45, 2.75) is 65.0 Å². The van der Waals surface area contributed by atoms with Crippen molar-refractivity contribution in [2.75, 3.05) is 20.1 Å². The number of carbonyl (C=O) groups is 3. The van der Waals surface area contributed by atoms with Gasteiger partial charge in [0.2, 0.25) is 5.91 Å². The van der Waals surface area contributed by atoms with Crippen molar-refractivity contribution in [1.82, 2.24) is 9.80 Å². The molecule has 1 unspecified atom stereocenters. The van der Waals surface area contributed by atoms with Crippen molar-refractivity contribution in [3.8, 4) is 0 Å². The molecule has 1 saturated heterocycles. The first-order valence-corrected chi connectivity index (χ1v) is 11.8. The quantitative estimate of drug-likeness (QED) is 0.350. The number of rotatable bonds is 11. The Labute approximate surface area is 206 Å². The fourth-order valence-electron chi connectivity index (χ4n) is 3.79. The number of hydrogen-bond acceptors (Lipinski definition) is 5. The number of likely N-dealkylation sites (tertiary alicyclic amines) is 1. The average Bonchev–Trinajstić information content (AvgIpc) is 2.78. The van der Waals surface area contributed by atoms with Crippen LogP contribution in [0.15, 0.2) is 41.1 Å². The molecule has 0 bridgehead atoms. The number of halogens is 1. The van der Waals surface area contributed by atoms with Gasteiger partial charge in [-0.15, -0.1) is 0 Å². The van der Waals surface area contributed by atoms with Gasteiger partial charge in [-0.25, -0.2) is 4.79 Å². The number of aliphatic carboxylic acids is 1. The third-order valence-corrected chi connectivity index (χ3v) is 6.34. The second-order valence-electron chi connectivity index (χ2n) is 8.56. The van der Waals surface area contributed by atoms with Crippen LogP contribution in [0.3, 0.4) is 0 Å². The summed E-state index contributed by atoms with van der Waals surface area (Å²) >= 11 is 5.97. The number of carboxylic acid groups (broad SMARTS) is 1. The monoisotopic (exact) mass is 491 g/mol. The van der Waals surface area contributed by atoms with Gasteiger partial charge in [-0.3, -0.25) is 19.5 Å². The third kappa shape index (κ3) is 7.32. The minimum Gasteiger partial charge on any atom is -0.481 e. The molecule has 0 spiro atoms. The van der Waals surface area contributed by atoms with Crippen LogP contribution in [0, 0.1) is 0 Å². The highest BCUT2D eigenvalue weighted by Crippen LogP contribution is 2.34. The van der Waals surface area contributed by atoms with Crippen LogP contribution in [0.5, 0.6) is 0 Å². The van der Waals surface area contributed by atoms with Crippen molar-refractivity contribution >= 4 is 35.3 Å². The summed E-state index contributed by atoms with van der Waals surface area (Å²) in [6.45, 7) is 6.42. The second kappa shape index (κ2) is 12.6. The zero-order chi connectivity index (χ0) is 25.3. The highest BCUT2D eigenvalue weighted by atomic mass is 35.5. The number of carbonyl (C=O) groups excluding carboxylic acids is 2. The van der Waals surface area contributed by atoms with Crippen LogP contribution in [-0.2, 0) is 20.9 Å². The van der Waals surface area contributed by atoms with Crippen molar-refractivity contribution in [3.05, 3.63) is 46.7 Å². The third-order valence-electron chi connectivity index (χ3n) is 6.09. The molecule has 1 N–H and O–H groups in total. The average molecular weight is 492 g/mol. The van der Waals surface area contributed by atoms with Crippen LogP contribution in [0.2, 0.25) is 5.02 Å². The molecular weight excluding hydrogens is 458 g/mol. The number of ether oxygens (including phenoxy) is 1. The Balaban J connectivity index is 2.12. The first-order valence-electron chi connectivity index (χ1n) is 11.5. The van der Waals surface area contributed by atoms with E-state index < -0.39 is 17.6 Å². The Kier molecular flexibility index (Phi) is 10.1. The van der Waals surface area contributed by atoms with Gasteiger partial charge in [-0.1, -0.05) is 30.7 Å². The largest absolute Gasteiger partial charge is 0.481 e. The molecule has 1 heterocycles. The molecule has 0 saturated carbocycles. The number of benzene rings is 1. The van der Waals surface area contributed by atoms with Crippen LogP contribution >= 0.6 is 11.6 Å². The van der Waals surface area contributed by atoms with Gasteiger partial charge in [0.25, 0.3) is 0 Å². The van der Waals surface area contributed by atoms with Crippen LogP contribution < -0.4 is 0 Å². The lowest BCUT2D eigenvalue weighted by Gasteiger charge is -2.49. The minimum atomic E-state index is -1.05. The van der Waals surface area contributed by atoms with Crippen LogP contribution in [0.25, 0.3) is 0 Å². The topological polar surface area (TPSA) is 99.5 Å². The lowest BCUT2D eigenvalue weighted by atomic mass is 9.85. The SMILES string of the molecule is CCC(CC=C(C)OC(=O)N1CCC1(C)C(=O)N(CCCC(=O)O)Cc1ccc(Cl)cc1)=NC. The Morgan fingerprint density at radius 2 is 1.97 bits per heavy atom. The molecule has 2 rings (SSSR count). The zero-order valence-electron chi connectivity index (χ0n) is 20.3. The number of hydrogen-bond donors (Lipinski definition) is 1.